The zero-order chi connectivity index (χ0) is 12.7. The number of halogens is 2. The molecule has 1 aromatic heterocycles. The molecule has 2 N–H and O–H groups in total. The van der Waals surface area contributed by atoms with E-state index in [-0.39, 0.29) is 19.4 Å². The Labute approximate surface area is 102 Å². The van der Waals surface area contributed by atoms with Crippen LogP contribution in [-0.4, -0.2) is 25.5 Å². The monoisotopic (exact) mass is 261 g/mol. The van der Waals surface area contributed by atoms with Crippen LogP contribution in [0.1, 0.15) is 28.1 Å². The summed E-state index contributed by atoms with van der Waals surface area (Å²) in [6.07, 6.45) is -0.589. The fourth-order valence-electron chi connectivity index (χ4n) is 2.36. The molecule has 1 aliphatic rings. The molecule has 0 saturated heterocycles. The van der Waals surface area contributed by atoms with Crippen molar-refractivity contribution in [2.24, 2.45) is 5.73 Å². The van der Waals surface area contributed by atoms with E-state index in [1.807, 2.05) is 0 Å². The Bertz CT molecular complexity index is 436. The fourth-order valence-corrected chi connectivity index (χ4v) is 3.29. The molecule has 0 aliphatic heterocycles. The molecule has 0 aromatic carbocycles. The molecular weight excluding hydrogens is 248 g/mol. The maximum absolute atomic E-state index is 13.1. The highest BCUT2D eigenvalue weighted by Gasteiger charge is 2.57. The highest BCUT2D eigenvalue weighted by Crippen LogP contribution is 2.54. The Morgan fingerprint density at radius 3 is 2.71 bits per heavy atom. The highest BCUT2D eigenvalue weighted by atomic mass is 32.1. The highest BCUT2D eigenvalue weighted by molar-refractivity contribution is 7.12. The molecule has 6 heteroatoms. The standard InChI is InChI=1S/C11H13F2NO2S/c1-16-9(15)8-7(2-3-17-8)10(6-14)4-11(12,13)5-10/h2-3H,4-6,14H2,1H3. The molecule has 0 radical (unpaired) electrons. The van der Waals surface area contributed by atoms with Crippen LogP contribution in [0.5, 0.6) is 0 Å². The lowest BCUT2D eigenvalue weighted by Gasteiger charge is -2.47. The van der Waals surface area contributed by atoms with Crippen molar-refractivity contribution in [1.29, 1.82) is 0 Å². The summed E-state index contributed by atoms with van der Waals surface area (Å²) in [5.74, 6) is -3.16. The molecule has 2 rings (SSSR count). The predicted molar refractivity (Wildman–Crippen MR) is 60.6 cm³/mol. The van der Waals surface area contributed by atoms with Crippen molar-refractivity contribution in [3.05, 3.63) is 21.9 Å². The second-order valence-corrected chi connectivity index (χ2v) is 5.27. The van der Waals surface area contributed by atoms with E-state index in [0.717, 1.165) is 0 Å². The molecular formula is C11H13F2NO2S. The smallest absolute Gasteiger partial charge is 0.348 e. The third kappa shape index (κ3) is 1.95. The van der Waals surface area contributed by atoms with Crippen LogP contribution in [0.4, 0.5) is 8.78 Å². The van der Waals surface area contributed by atoms with Crippen molar-refractivity contribution >= 4 is 17.3 Å². The first-order valence-electron chi connectivity index (χ1n) is 5.18. The van der Waals surface area contributed by atoms with E-state index in [1.54, 1.807) is 11.4 Å². The van der Waals surface area contributed by atoms with Gasteiger partial charge in [0.2, 0.25) is 5.92 Å². The van der Waals surface area contributed by atoms with Gasteiger partial charge in [-0.3, -0.25) is 0 Å². The minimum atomic E-state index is -2.67. The Hall–Kier alpha value is -1.01. The number of nitrogens with two attached hydrogens (primary N) is 1. The number of methoxy groups -OCH3 is 1. The molecule has 94 valence electrons. The SMILES string of the molecule is COC(=O)c1sccc1C1(CN)CC(F)(F)C1. The predicted octanol–water partition coefficient (Wildman–Crippen LogP) is 2.16. The lowest BCUT2D eigenvalue weighted by atomic mass is 9.62. The summed E-state index contributed by atoms with van der Waals surface area (Å²) in [7, 11) is 1.27. The van der Waals surface area contributed by atoms with Crippen molar-refractivity contribution in [2.75, 3.05) is 13.7 Å². The van der Waals surface area contributed by atoms with Gasteiger partial charge in [-0.2, -0.15) is 0 Å². The Morgan fingerprint density at radius 1 is 1.59 bits per heavy atom. The number of esters is 1. The number of hydrogen-bond donors (Lipinski definition) is 1. The first-order chi connectivity index (χ1) is 7.94. The quantitative estimate of drug-likeness (QED) is 0.848. The van der Waals surface area contributed by atoms with Crippen LogP contribution in [-0.2, 0) is 10.2 Å². The molecule has 1 aromatic rings. The molecule has 17 heavy (non-hydrogen) atoms. The van der Waals surface area contributed by atoms with Crippen molar-refractivity contribution < 1.29 is 18.3 Å². The lowest BCUT2D eigenvalue weighted by molar-refractivity contribution is -0.123. The largest absolute Gasteiger partial charge is 0.465 e. The van der Waals surface area contributed by atoms with Gasteiger partial charge in [-0.1, -0.05) is 0 Å². The third-order valence-electron chi connectivity index (χ3n) is 3.19. The summed E-state index contributed by atoms with van der Waals surface area (Å²) in [4.78, 5) is 11.9. The molecule has 1 heterocycles. The zero-order valence-electron chi connectivity index (χ0n) is 9.33. The summed E-state index contributed by atoms with van der Waals surface area (Å²) in [5, 5.41) is 1.70. The van der Waals surface area contributed by atoms with E-state index < -0.39 is 17.3 Å². The number of rotatable bonds is 3. The maximum atomic E-state index is 13.1. The summed E-state index contributed by atoms with van der Waals surface area (Å²) >= 11 is 1.20. The first kappa shape index (κ1) is 12.4. The van der Waals surface area contributed by atoms with Crippen LogP contribution in [0.25, 0.3) is 0 Å². The average Bonchev–Trinajstić information content (AvgIpc) is 2.73. The summed E-state index contributed by atoms with van der Waals surface area (Å²) in [6, 6.07) is 1.69. The van der Waals surface area contributed by atoms with E-state index in [4.69, 9.17) is 5.73 Å². The van der Waals surface area contributed by atoms with Crippen LogP contribution in [0.3, 0.4) is 0 Å². The third-order valence-corrected chi connectivity index (χ3v) is 4.09. The number of thiophene rings is 1. The van der Waals surface area contributed by atoms with Gasteiger partial charge in [-0.05, 0) is 17.0 Å². The van der Waals surface area contributed by atoms with Crippen molar-refractivity contribution in [3.63, 3.8) is 0 Å². The van der Waals surface area contributed by atoms with Crippen LogP contribution < -0.4 is 5.73 Å². The number of hydrogen-bond acceptors (Lipinski definition) is 4. The first-order valence-corrected chi connectivity index (χ1v) is 6.06. The van der Waals surface area contributed by atoms with Gasteiger partial charge in [0.25, 0.3) is 0 Å². The van der Waals surface area contributed by atoms with Crippen molar-refractivity contribution in [1.82, 2.24) is 0 Å². The molecule has 0 bridgehead atoms. The second kappa shape index (κ2) is 4.03. The van der Waals surface area contributed by atoms with Gasteiger partial charge in [-0.25, -0.2) is 13.6 Å². The summed E-state index contributed by atoms with van der Waals surface area (Å²) < 4.78 is 30.8. The Morgan fingerprint density at radius 2 is 2.24 bits per heavy atom. The fraction of sp³-hybridized carbons (Fsp3) is 0.545. The van der Waals surface area contributed by atoms with Gasteiger partial charge in [0, 0.05) is 24.8 Å². The van der Waals surface area contributed by atoms with E-state index in [0.29, 0.717) is 10.4 Å². The molecule has 3 nitrogen and oxygen atoms in total. The van der Waals surface area contributed by atoms with Crippen LogP contribution >= 0.6 is 11.3 Å². The molecule has 0 atom stereocenters. The van der Waals surface area contributed by atoms with E-state index in [9.17, 15) is 13.6 Å². The minimum Gasteiger partial charge on any atom is -0.465 e. The van der Waals surface area contributed by atoms with Crippen LogP contribution in [0.2, 0.25) is 0 Å². The van der Waals surface area contributed by atoms with Crippen molar-refractivity contribution in [3.8, 4) is 0 Å². The zero-order valence-corrected chi connectivity index (χ0v) is 10.2. The molecule has 1 aliphatic carbocycles. The van der Waals surface area contributed by atoms with E-state index in [2.05, 4.69) is 4.74 Å². The van der Waals surface area contributed by atoms with Gasteiger partial charge in [0.15, 0.2) is 0 Å². The van der Waals surface area contributed by atoms with Crippen LogP contribution in [0.15, 0.2) is 11.4 Å². The van der Waals surface area contributed by atoms with E-state index in [1.165, 1.54) is 18.4 Å². The maximum Gasteiger partial charge on any atom is 0.348 e. The van der Waals surface area contributed by atoms with Gasteiger partial charge >= 0.3 is 5.97 Å². The Balaban J connectivity index is 2.34. The molecule has 1 fully saturated rings. The van der Waals surface area contributed by atoms with E-state index >= 15 is 0 Å². The van der Waals surface area contributed by atoms with Crippen molar-refractivity contribution in [2.45, 2.75) is 24.2 Å². The number of carbonyl (C=O) groups excluding carboxylic acids is 1. The van der Waals surface area contributed by atoms with Gasteiger partial charge in [-0.15, -0.1) is 11.3 Å². The second-order valence-electron chi connectivity index (χ2n) is 4.35. The van der Waals surface area contributed by atoms with Crippen LogP contribution in [0, 0.1) is 0 Å². The number of carbonyl (C=O) groups is 1. The molecule has 0 spiro atoms. The van der Waals surface area contributed by atoms with Gasteiger partial charge in [0.05, 0.1) is 7.11 Å². The summed E-state index contributed by atoms with van der Waals surface area (Å²) in [5.41, 5.74) is 5.44. The molecule has 1 saturated carbocycles. The Kier molecular flexibility index (Phi) is 2.95. The average molecular weight is 261 g/mol. The number of alkyl halides is 2. The van der Waals surface area contributed by atoms with Gasteiger partial charge < -0.3 is 10.5 Å². The summed E-state index contributed by atoms with van der Waals surface area (Å²) in [6.45, 7) is 0.114. The topological polar surface area (TPSA) is 52.3 Å². The van der Waals surface area contributed by atoms with Gasteiger partial charge in [0.1, 0.15) is 4.88 Å². The molecule has 0 unspecified atom stereocenters. The number of ether oxygens (including phenoxy) is 1. The minimum absolute atomic E-state index is 0.114. The molecule has 0 amide bonds. The lowest BCUT2D eigenvalue weighted by Crippen LogP contribution is -2.54. The normalized spacial score (nSPS) is 20.7.